The van der Waals surface area contributed by atoms with Gasteiger partial charge in [0.1, 0.15) is 0 Å². The van der Waals surface area contributed by atoms with E-state index in [0.717, 1.165) is 86.5 Å². The van der Waals surface area contributed by atoms with Crippen LogP contribution in [0.4, 0.5) is 0 Å². The summed E-state index contributed by atoms with van der Waals surface area (Å²) in [7, 11) is -24.5. The lowest BCUT2D eigenvalue weighted by Crippen LogP contribution is -2.64. The molecule has 0 aromatic rings. The summed E-state index contributed by atoms with van der Waals surface area (Å²) in [5, 5.41) is 0. The standard InChI is InChI=1S/C42H108O13Si14.C2H6/c1-17-18-34-66(11,12)53-69(46-56-30-24-19-20-26-33-65-48-58(6)37-40(2)43-60(8)51-65,55-68(15,16)36-29-23-27-32-64-45-41(3)38-57(5)47-61(9)52-64)54-67(13,14)35-28-22-21-25-31-63-39-42(4)44-59(7)49-62(10)50-63;1-2/h40-42,57-65H,17-39,56H2,1-16H3;1-2H3. The Morgan fingerprint density at radius 2 is 0.887 bits per heavy atom. The lowest BCUT2D eigenvalue weighted by molar-refractivity contribution is 0.151. The van der Waals surface area contributed by atoms with Gasteiger partial charge < -0.3 is 54.4 Å². The van der Waals surface area contributed by atoms with E-state index in [1.54, 1.807) is 0 Å². The summed E-state index contributed by atoms with van der Waals surface area (Å²) in [6, 6.07) is 11.1. The van der Waals surface area contributed by atoms with Crippen molar-refractivity contribution in [2.24, 2.45) is 0 Å². The molecule has 71 heavy (non-hydrogen) atoms. The van der Waals surface area contributed by atoms with Crippen LogP contribution in [0.2, 0.25) is 139 Å². The van der Waals surface area contributed by atoms with E-state index in [2.05, 4.69) is 106 Å². The van der Waals surface area contributed by atoms with Crippen LogP contribution in [0.15, 0.2) is 0 Å². The Balaban J connectivity index is 0.00000852. The number of unbranched alkanes of at least 4 members (excludes halogenated alkanes) is 9. The lowest BCUT2D eigenvalue weighted by atomic mass is 10.2. The van der Waals surface area contributed by atoms with Gasteiger partial charge in [0.15, 0.2) is 61.8 Å². The van der Waals surface area contributed by atoms with Crippen molar-refractivity contribution in [1.82, 2.24) is 0 Å². The normalized spacial score (nSPS) is 30.8. The van der Waals surface area contributed by atoms with Gasteiger partial charge in [-0.25, -0.2) is 0 Å². The first-order valence-electron chi connectivity index (χ1n) is 29.1. The van der Waals surface area contributed by atoms with Crippen LogP contribution >= 0.6 is 0 Å². The average Bonchev–Trinajstić information content (AvgIpc) is 3.23. The van der Waals surface area contributed by atoms with Gasteiger partial charge in [0.05, 0.1) is 0 Å². The number of hydrogen-bond donors (Lipinski definition) is 0. The molecule has 13 atom stereocenters. The third-order valence-electron chi connectivity index (χ3n) is 13.4. The maximum atomic E-state index is 7.57. The topological polar surface area (TPSA) is 120 Å². The molecule has 27 heteroatoms. The van der Waals surface area contributed by atoms with Crippen molar-refractivity contribution in [2.75, 3.05) is 0 Å². The predicted octanol–water partition coefficient (Wildman–Crippen LogP) is 10.4. The van der Waals surface area contributed by atoms with Crippen molar-refractivity contribution in [3.63, 3.8) is 0 Å². The highest BCUT2D eigenvalue weighted by molar-refractivity contribution is 6.89. The first-order valence-corrected chi connectivity index (χ1v) is 60.6. The van der Waals surface area contributed by atoms with Gasteiger partial charge in [-0.05, 0) is 160 Å². The molecule has 13 nitrogen and oxygen atoms in total. The molecule has 0 spiro atoms. The van der Waals surface area contributed by atoms with E-state index >= 15 is 0 Å². The fraction of sp³-hybridized carbons (Fsp3) is 1.00. The first-order chi connectivity index (χ1) is 33.5. The Morgan fingerprint density at radius 3 is 1.48 bits per heavy atom. The fourth-order valence-corrected chi connectivity index (χ4v) is 56.3. The zero-order valence-electron chi connectivity index (χ0n) is 49.2. The Bertz CT molecular complexity index is 1320. The number of hydrogen-bond acceptors (Lipinski definition) is 13. The summed E-state index contributed by atoms with van der Waals surface area (Å²) >= 11 is 0. The molecule has 0 aromatic carbocycles. The molecule has 424 valence electrons. The van der Waals surface area contributed by atoms with Crippen LogP contribution < -0.4 is 0 Å². The van der Waals surface area contributed by atoms with Crippen molar-refractivity contribution in [1.29, 1.82) is 0 Å². The van der Waals surface area contributed by atoms with E-state index < -0.39 is 127 Å². The zero-order valence-corrected chi connectivity index (χ0v) is 65.0. The predicted molar refractivity (Wildman–Crippen MR) is 334 cm³/mol. The third kappa shape index (κ3) is 33.0. The SMILES string of the molecule is CC.CCCC[Si](C)(C)O[Si](O[SiH2]CCCCCC[SiH]1O[SiH](C)CC(C)O[SiH](C)O1)(O[Si](C)(C)CCCCCC[SiH]1CC(C)O[SiH](C)O[SiH](C)O1)O[Si](C)(C)CCCCC[SiH]1OC(C)C[SiH](C)O[SiH](C)O1. The van der Waals surface area contributed by atoms with Crippen LogP contribution in [0.1, 0.15) is 125 Å². The summed E-state index contributed by atoms with van der Waals surface area (Å²) in [6.07, 6.45) is 16.2. The van der Waals surface area contributed by atoms with Gasteiger partial charge in [-0.3, -0.25) is 0 Å². The highest BCUT2D eigenvalue weighted by Gasteiger charge is 2.55. The minimum Gasteiger partial charge on any atom is -0.441 e. The Labute approximate surface area is 460 Å². The van der Waals surface area contributed by atoms with E-state index in [4.69, 9.17) is 54.4 Å². The van der Waals surface area contributed by atoms with E-state index in [0.29, 0.717) is 0 Å². The molecule has 0 N–H and O–H groups in total. The van der Waals surface area contributed by atoms with Gasteiger partial charge in [-0.2, -0.15) is 0 Å². The summed E-state index contributed by atoms with van der Waals surface area (Å²) in [5.74, 6) is 0. The van der Waals surface area contributed by atoms with Gasteiger partial charge in [0, 0.05) is 18.3 Å². The van der Waals surface area contributed by atoms with Crippen LogP contribution in [-0.4, -0.2) is 145 Å². The smallest absolute Gasteiger partial charge is 0.441 e. The molecule has 0 bridgehead atoms. The third-order valence-corrected chi connectivity index (χ3v) is 57.9. The fourth-order valence-electron chi connectivity index (χ4n) is 10.1. The molecule has 3 saturated heterocycles. The molecule has 3 aliphatic heterocycles. The zero-order chi connectivity index (χ0) is 53.1. The monoisotopic (exact) mass is 1240 g/mol. The minimum absolute atomic E-state index is 0.260. The molecule has 0 radical (unpaired) electrons. The van der Waals surface area contributed by atoms with Crippen molar-refractivity contribution < 1.29 is 54.4 Å². The van der Waals surface area contributed by atoms with Crippen LogP contribution in [0.5, 0.6) is 0 Å². The first kappa shape index (κ1) is 69.6. The Hall–Kier alpha value is 2.52. The summed E-state index contributed by atoms with van der Waals surface area (Å²) in [6.45, 7) is 40.5. The second-order valence-corrected chi connectivity index (χ2v) is 61.9. The molecule has 3 heterocycles. The van der Waals surface area contributed by atoms with Gasteiger partial charge in [-0.15, -0.1) is 0 Å². The second kappa shape index (κ2) is 37.5. The quantitative estimate of drug-likeness (QED) is 0.0484. The van der Waals surface area contributed by atoms with Gasteiger partial charge >= 0.3 is 46.2 Å². The van der Waals surface area contributed by atoms with E-state index in [1.807, 2.05) is 13.8 Å². The molecular formula is C44H114O13Si14. The van der Waals surface area contributed by atoms with Gasteiger partial charge in [0.2, 0.25) is 0 Å². The molecule has 13 unspecified atom stereocenters. The maximum Gasteiger partial charge on any atom is 0.636 e. The van der Waals surface area contributed by atoms with Crippen LogP contribution in [-0.2, 0) is 54.4 Å². The second-order valence-electron chi connectivity index (χ2n) is 22.9. The van der Waals surface area contributed by atoms with Crippen molar-refractivity contribution in [2.45, 2.75) is 282 Å². The number of rotatable bonds is 31. The van der Waals surface area contributed by atoms with Gasteiger partial charge in [0.25, 0.3) is 18.6 Å². The van der Waals surface area contributed by atoms with E-state index in [9.17, 15) is 0 Å². The largest absolute Gasteiger partial charge is 0.636 e. The van der Waals surface area contributed by atoms with Crippen molar-refractivity contribution in [3.8, 4) is 0 Å². The summed E-state index contributed by atoms with van der Waals surface area (Å²) < 4.78 is 87.4. The summed E-state index contributed by atoms with van der Waals surface area (Å²) in [4.78, 5) is 0. The highest BCUT2D eigenvalue weighted by atomic mass is 28.5. The summed E-state index contributed by atoms with van der Waals surface area (Å²) in [5.41, 5.74) is 0. The molecule has 0 saturated carbocycles. The van der Waals surface area contributed by atoms with E-state index in [1.165, 1.54) is 57.4 Å². The molecule has 0 aliphatic carbocycles. The van der Waals surface area contributed by atoms with E-state index in [-0.39, 0.29) is 18.3 Å². The molecule has 3 rings (SSSR count). The van der Waals surface area contributed by atoms with Crippen molar-refractivity contribution in [3.05, 3.63) is 0 Å². The average molecular weight is 1240 g/mol. The van der Waals surface area contributed by atoms with Crippen molar-refractivity contribution >= 4 is 127 Å². The lowest BCUT2D eigenvalue weighted by Gasteiger charge is -2.43. The Kier molecular flexibility index (Phi) is 36.7. The minimum atomic E-state index is -3.48. The molecule has 0 amide bonds. The molecule has 0 aromatic heterocycles. The van der Waals surface area contributed by atoms with Gasteiger partial charge in [-0.1, -0.05) is 104 Å². The molecule has 3 aliphatic rings. The Morgan fingerprint density at radius 1 is 0.451 bits per heavy atom. The van der Waals surface area contributed by atoms with Crippen LogP contribution in [0.25, 0.3) is 0 Å². The highest BCUT2D eigenvalue weighted by Crippen LogP contribution is 2.33. The molecule has 3 fully saturated rings. The van der Waals surface area contributed by atoms with Crippen LogP contribution in [0, 0.1) is 0 Å². The van der Waals surface area contributed by atoms with Crippen LogP contribution in [0.3, 0.4) is 0 Å². The molecular weight excluding hydrogens is 1130 g/mol. The maximum absolute atomic E-state index is 7.57.